The number of aryl methyl sites for hydroxylation is 1. The summed E-state index contributed by atoms with van der Waals surface area (Å²) in [5.74, 6) is 0. The topological polar surface area (TPSA) is 12.0 Å². The lowest BCUT2D eigenvalue weighted by atomic mass is 10.0. The third kappa shape index (κ3) is 1.51. The minimum Gasteiger partial charge on any atom is -0.310 e. The standard InChI is InChI=1S/C11H15N/c1-9-4-2-5-10(8-9)11-6-3-7-12-11/h2,4-5,8,11-12H,3,6-7H2,1H3/t11-/m1/s1. The molecule has 1 atom stereocenters. The molecule has 1 nitrogen and oxygen atoms in total. The number of nitrogens with one attached hydrogen (secondary N) is 1. The first-order chi connectivity index (χ1) is 5.86. The highest BCUT2D eigenvalue weighted by molar-refractivity contribution is 5.25. The first kappa shape index (κ1) is 7.81. The van der Waals surface area contributed by atoms with Crippen LogP contribution < -0.4 is 5.32 Å². The van der Waals surface area contributed by atoms with Crippen LogP contribution in [0, 0.1) is 6.92 Å². The summed E-state index contributed by atoms with van der Waals surface area (Å²) in [5, 5.41) is 3.50. The lowest BCUT2D eigenvalue weighted by molar-refractivity contribution is 0.647. The second-order valence-corrected chi connectivity index (χ2v) is 3.56. The number of rotatable bonds is 1. The molecule has 1 saturated heterocycles. The maximum absolute atomic E-state index is 3.50. The SMILES string of the molecule is Cc1cccc([C@H]2CCCN2)c1. The highest BCUT2D eigenvalue weighted by Gasteiger charge is 2.15. The molecule has 64 valence electrons. The smallest absolute Gasteiger partial charge is 0.0320 e. The van der Waals surface area contributed by atoms with Crippen LogP contribution in [0.1, 0.15) is 30.0 Å². The summed E-state index contributed by atoms with van der Waals surface area (Å²) in [6.45, 7) is 3.33. The Labute approximate surface area is 73.8 Å². The molecule has 0 spiro atoms. The quantitative estimate of drug-likeness (QED) is 0.667. The van der Waals surface area contributed by atoms with Crippen molar-refractivity contribution in [2.24, 2.45) is 0 Å². The molecule has 0 aromatic heterocycles. The molecule has 0 aliphatic carbocycles. The van der Waals surface area contributed by atoms with Gasteiger partial charge in [-0.2, -0.15) is 0 Å². The van der Waals surface area contributed by atoms with Crippen molar-refractivity contribution in [3.63, 3.8) is 0 Å². The van der Waals surface area contributed by atoms with Gasteiger partial charge in [-0.15, -0.1) is 0 Å². The molecule has 1 aromatic rings. The molecule has 0 radical (unpaired) electrons. The first-order valence-electron chi connectivity index (χ1n) is 4.66. The Bertz CT molecular complexity index is 261. The van der Waals surface area contributed by atoms with Gasteiger partial charge in [0, 0.05) is 6.04 Å². The van der Waals surface area contributed by atoms with Crippen molar-refractivity contribution in [3.8, 4) is 0 Å². The Kier molecular flexibility index (Phi) is 2.13. The molecule has 1 aromatic carbocycles. The average Bonchev–Trinajstić information content (AvgIpc) is 2.56. The Morgan fingerprint density at radius 1 is 1.42 bits per heavy atom. The van der Waals surface area contributed by atoms with Gasteiger partial charge in [0.15, 0.2) is 0 Å². The monoisotopic (exact) mass is 161 g/mol. The summed E-state index contributed by atoms with van der Waals surface area (Å²) in [4.78, 5) is 0. The molecule has 1 fully saturated rings. The summed E-state index contributed by atoms with van der Waals surface area (Å²) < 4.78 is 0. The molecule has 0 saturated carbocycles. The van der Waals surface area contributed by atoms with E-state index in [1.165, 1.54) is 30.5 Å². The van der Waals surface area contributed by atoms with Crippen LogP contribution in [0.5, 0.6) is 0 Å². The van der Waals surface area contributed by atoms with Crippen molar-refractivity contribution in [2.75, 3.05) is 6.54 Å². The fraction of sp³-hybridized carbons (Fsp3) is 0.455. The van der Waals surface area contributed by atoms with E-state index in [9.17, 15) is 0 Å². The molecule has 1 heteroatoms. The lowest BCUT2D eigenvalue weighted by Crippen LogP contribution is -2.12. The summed E-state index contributed by atoms with van der Waals surface area (Å²) in [6, 6.07) is 9.41. The molecule has 0 bridgehead atoms. The highest BCUT2D eigenvalue weighted by atomic mass is 14.9. The van der Waals surface area contributed by atoms with Crippen LogP contribution in [0.25, 0.3) is 0 Å². The Hall–Kier alpha value is -0.820. The molecule has 1 N–H and O–H groups in total. The average molecular weight is 161 g/mol. The van der Waals surface area contributed by atoms with Gasteiger partial charge in [-0.1, -0.05) is 29.8 Å². The normalized spacial score (nSPS) is 22.9. The Morgan fingerprint density at radius 2 is 2.33 bits per heavy atom. The predicted octanol–water partition coefficient (Wildman–Crippen LogP) is 2.42. The van der Waals surface area contributed by atoms with Crippen molar-refractivity contribution in [1.29, 1.82) is 0 Å². The van der Waals surface area contributed by atoms with E-state index < -0.39 is 0 Å². The van der Waals surface area contributed by atoms with Gasteiger partial charge < -0.3 is 5.32 Å². The number of hydrogen-bond donors (Lipinski definition) is 1. The van der Waals surface area contributed by atoms with Crippen LogP contribution in [0.15, 0.2) is 24.3 Å². The second-order valence-electron chi connectivity index (χ2n) is 3.56. The third-order valence-corrected chi connectivity index (χ3v) is 2.50. The molecule has 1 heterocycles. The summed E-state index contributed by atoms with van der Waals surface area (Å²) in [6.07, 6.45) is 2.61. The summed E-state index contributed by atoms with van der Waals surface area (Å²) >= 11 is 0. The molecule has 0 amide bonds. The van der Waals surface area contributed by atoms with Crippen molar-refractivity contribution in [2.45, 2.75) is 25.8 Å². The molecule has 2 rings (SSSR count). The largest absolute Gasteiger partial charge is 0.310 e. The fourth-order valence-electron chi connectivity index (χ4n) is 1.86. The van der Waals surface area contributed by atoms with Crippen LogP contribution in [0.4, 0.5) is 0 Å². The minimum absolute atomic E-state index is 0.616. The van der Waals surface area contributed by atoms with Gasteiger partial charge in [-0.05, 0) is 31.9 Å². The third-order valence-electron chi connectivity index (χ3n) is 2.50. The highest BCUT2D eigenvalue weighted by Crippen LogP contribution is 2.23. The number of benzene rings is 1. The van der Waals surface area contributed by atoms with Crippen LogP contribution in [-0.2, 0) is 0 Å². The van der Waals surface area contributed by atoms with Gasteiger partial charge in [0.25, 0.3) is 0 Å². The molecule has 1 aliphatic heterocycles. The zero-order valence-corrected chi connectivity index (χ0v) is 7.51. The van der Waals surface area contributed by atoms with Gasteiger partial charge in [0.2, 0.25) is 0 Å². The van der Waals surface area contributed by atoms with Gasteiger partial charge in [-0.25, -0.2) is 0 Å². The number of hydrogen-bond acceptors (Lipinski definition) is 1. The van der Waals surface area contributed by atoms with Crippen LogP contribution in [0.2, 0.25) is 0 Å². The fourth-order valence-corrected chi connectivity index (χ4v) is 1.86. The van der Waals surface area contributed by atoms with E-state index in [4.69, 9.17) is 0 Å². The van der Waals surface area contributed by atoms with E-state index in [-0.39, 0.29) is 0 Å². The molecular weight excluding hydrogens is 146 g/mol. The molecule has 12 heavy (non-hydrogen) atoms. The summed E-state index contributed by atoms with van der Waals surface area (Å²) in [5.41, 5.74) is 2.81. The van der Waals surface area contributed by atoms with Crippen molar-refractivity contribution in [3.05, 3.63) is 35.4 Å². The van der Waals surface area contributed by atoms with Crippen LogP contribution in [0.3, 0.4) is 0 Å². The van der Waals surface area contributed by atoms with Crippen LogP contribution >= 0.6 is 0 Å². The van der Waals surface area contributed by atoms with Gasteiger partial charge >= 0.3 is 0 Å². The van der Waals surface area contributed by atoms with Gasteiger partial charge in [0.1, 0.15) is 0 Å². The Balaban J connectivity index is 2.21. The zero-order chi connectivity index (χ0) is 8.39. The second kappa shape index (κ2) is 3.28. The minimum atomic E-state index is 0.616. The first-order valence-corrected chi connectivity index (χ1v) is 4.66. The Morgan fingerprint density at radius 3 is 3.00 bits per heavy atom. The van der Waals surface area contributed by atoms with Crippen molar-refractivity contribution >= 4 is 0 Å². The predicted molar refractivity (Wildman–Crippen MR) is 51.2 cm³/mol. The van der Waals surface area contributed by atoms with E-state index in [1.807, 2.05) is 0 Å². The van der Waals surface area contributed by atoms with E-state index >= 15 is 0 Å². The van der Waals surface area contributed by atoms with E-state index in [0.29, 0.717) is 6.04 Å². The molecule has 1 aliphatic rings. The van der Waals surface area contributed by atoms with E-state index in [2.05, 4.69) is 36.5 Å². The molecule has 0 unspecified atom stereocenters. The van der Waals surface area contributed by atoms with Crippen LogP contribution in [-0.4, -0.2) is 6.54 Å². The van der Waals surface area contributed by atoms with E-state index in [1.54, 1.807) is 0 Å². The lowest BCUT2D eigenvalue weighted by Gasteiger charge is -2.10. The zero-order valence-electron chi connectivity index (χ0n) is 7.51. The van der Waals surface area contributed by atoms with Crippen molar-refractivity contribution in [1.82, 2.24) is 5.32 Å². The van der Waals surface area contributed by atoms with Gasteiger partial charge in [0.05, 0.1) is 0 Å². The summed E-state index contributed by atoms with van der Waals surface area (Å²) in [7, 11) is 0. The maximum Gasteiger partial charge on any atom is 0.0320 e. The maximum atomic E-state index is 3.50. The molecular formula is C11H15N. The van der Waals surface area contributed by atoms with Crippen molar-refractivity contribution < 1.29 is 0 Å². The van der Waals surface area contributed by atoms with Gasteiger partial charge in [-0.3, -0.25) is 0 Å². The van der Waals surface area contributed by atoms with E-state index in [0.717, 1.165) is 0 Å².